The predicted octanol–water partition coefficient (Wildman–Crippen LogP) is 1.77. The van der Waals surface area contributed by atoms with Gasteiger partial charge in [-0.3, -0.25) is 4.79 Å². The molecule has 144 valence electrons. The first-order valence-corrected chi connectivity index (χ1v) is 10.3. The Morgan fingerprint density at radius 3 is 2.23 bits per heavy atom. The van der Waals surface area contributed by atoms with Crippen LogP contribution in [0.25, 0.3) is 0 Å². The van der Waals surface area contributed by atoms with E-state index < -0.39 is 21.5 Å². The maximum atomic E-state index is 12.6. The number of nitrogens with zero attached hydrogens (tertiary/aromatic N) is 1. The molecule has 1 fully saturated rings. The molecule has 1 amide bonds. The molecule has 0 aromatic heterocycles. The molecule has 0 radical (unpaired) electrons. The van der Waals surface area contributed by atoms with Crippen LogP contribution >= 0.6 is 0 Å². The van der Waals surface area contributed by atoms with E-state index >= 15 is 0 Å². The summed E-state index contributed by atoms with van der Waals surface area (Å²) < 4.78 is 26.3. The number of aliphatic carboxylic acids is 1. The lowest BCUT2D eigenvalue weighted by Gasteiger charge is -2.41. The van der Waals surface area contributed by atoms with Gasteiger partial charge >= 0.3 is 5.97 Å². The lowest BCUT2D eigenvalue weighted by Crippen LogP contribution is -2.56. The van der Waals surface area contributed by atoms with Crippen molar-refractivity contribution in [2.75, 3.05) is 13.6 Å². The standard InChI is InChI=1S/C18H26N2O5S/c1-3-19-26(24,25)15-9-7-14(8-10-15)13-16(21)20(2)18(17(22)23)11-5-4-6-12-18/h7-10,19H,3-6,11-13H2,1-2H3,(H,22,23). The van der Waals surface area contributed by atoms with E-state index in [4.69, 9.17) is 0 Å². The van der Waals surface area contributed by atoms with Crippen molar-refractivity contribution >= 4 is 21.9 Å². The van der Waals surface area contributed by atoms with Crippen molar-refractivity contribution in [3.05, 3.63) is 29.8 Å². The summed E-state index contributed by atoms with van der Waals surface area (Å²) in [6.07, 6.45) is 3.53. The van der Waals surface area contributed by atoms with Gasteiger partial charge in [0.1, 0.15) is 5.54 Å². The highest BCUT2D eigenvalue weighted by molar-refractivity contribution is 7.89. The average Bonchev–Trinajstić information content (AvgIpc) is 2.62. The molecule has 1 aliphatic carbocycles. The number of carbonyl (C=O) groups is 2. The molecule has 0 aliphatic heterocycles. The normalized spacial score (nSPS) is 16.8. The zero-order valence-corrected chi connectivity index (χ0v) is 16.0. The molecule has 0 atom stereocenters. The summed E-state index contributed by atoms with van der Waals surface area (Å²) in [4.78, 5) is 26.0. The number of hydrogen-bond donors (Lipinski definition) is 2. The maximum absolute atomic E-state index is 12.6. The Kier molecular flexibility index (Phi) is 6.41. The van der Waals surface area contributed by atoms with Crippen molar-refractivity contribution in [3.8, 4) is 0 Å². The van der Waals surface area contributed by atoms with Crippen LogP contribution in [-0.2, 0) is 26.0 Å². The summed E-state index contributed by atoms with van der Waals surface area (Å²) in [6, 6.07) is 6.08. The maximum Gasteiger partial charge on any atom is 0.329 e. The topological polar surface area (TPSA) is 104 Å². The number of amides is 1. The molecule has 1 saturated carbocycles. The first-order valence-electron chi connectivity index (χ1n) is 8.81. The first-order chi connectivity index (χ1) is 12.2. The van der Waals surface area contributed by atoms with Crippen LogP contribution in [-0.4, -0.2) is 49.4 Å². The molecule has 0 bridgehead atoms. The molecule has 8 heteroatoms. The van der Waals surface area contributed by atoms with E-state index in [1.54, 1.807) is 26.1 Å². The zero-order valence-electron chi connectivity index (χ0n) is 15.2. The molecule has 7 nitrogen and oxygen atoms in total. The lowest BCUT2D eigenvalue weighted by atomic mass is 9.80. The molecule has 0 heterocycles. The third-order valence-corrected chi connectivity index (χ3v) is 6.58. The van der Waals surface area contributed by atoms with Gasteiger partial charge in [-0.15, -0.1) is 0 Å². The summed E-state index contributed by atoms with van der Waals surface area (Å²) in [7, 11) is -1.99. The fraction of sp³-hybridized carbons (Fsp3) is 0.556. The summed E-state index contributed by atoms with van der Waals surface area (Å²) in [5, 5.41) is 9.68. The molecular weight excluding hydrogens is 356 g/mol. The largest absolute Gasteiger partial charge is 0.479 e. The van der Waals surface area contributed by atoms with Crippen LogP contribution < -0.4 is 4.72 Å². The Morgan fingerprint density at radius 1 is 1.15 bits per heavy atom. The van der Waals surface area contributed by atoms with Gasteiger partial charge < -0.3 is 10.0 Å². The van der Waals surface area contributed by atoms with Gasteiger partial charge in [0, 0.05) is 13.6 Å². The second-order valence-corrected chi connectivity index (χ2v) is 8.44. The third kappa shape index (κ3) is 4.24. The Bertz CT molecular complexity index is 752. The SMILES string of the molecule is CCNS(=O)(=O)c1ccc(CC(=O)N(C)C2(C(=O)O)CCCCC2)cc1. The van der Waals surface area contributed by atoms with Crippen molar-refractivity contribution in [2.24, 2.45) is 0 Å². The van der Waals surface area contributed by atoms with Gasteiger partial charge in [0.15, 0.2) is 0 Å². The van der Waals surface area contributed by atoms with Crippen LogP contribution in [0.5, 0.6) is 0 Å². The fourth-order valence-electron chi connectivity index (χ4n) is 3.42. The average molecular weight is 382 g/mol. The Hall–Kier alpha value is -1.93. The number of sulfonamides is 1. The van der Waals surface area contributed by atoms with E-state index in [0.29, 0.717) is 24.9 Å². The summed E-state index contributed by atoms with van der Waals surface area (Å²) in [5.74, 6) is -1.24. The minimum atomic E-state index is -3.53. The summed E-state index contributed by atoms with van der Waals surface area (Å²) >= 11 is 0. The minimum Gasteiger partial charge on any atom is -0.479 e. The van der Waals surface area contributed by atoms with Gasteiger partial charge in [-0.05, 0) is 30.5 Å². The van der Waals surface area contributed by atoms with E-state index in [0.717, 1.165) is 19.3 Å². The fourth-order valence-corrected chi connectivity index (χ4v) is 4.46. The number of nitrogens with one attached hydrogen (secondary N) is 1. The number of likely N-dealkylation sites (N-methyl/N-ethyl adjacent to an activating group) is 1. The van der Waals surface area contributed by atoms with Gasteiger partial charge in [0.25, 0.3) is 0 Å². The zero-order chi connectivity index (χ0) is 19.4. The molecule has 1 aromatic carbocycles. The summed E-state index contributed by atoms with van der Waals surface area (Å²) in [5.41, 5.74) is -0.488. The molecule has 0 unspecified atom stereocenters. The predicted molar refractivity (Wildman–Crippen MR) is 97.2 cm³/mol. The third-order valence-electron chi connectivity index (χ3n) is 5.02. The second-order valence-electron chi connectivity index (χ2n) is 6.67. The monoisotopic (exact) mass is 382 g/mol. The van der Waals surface area contributed by atoms with Crippen LogP contribution in [0.1, 0.15) is 44.6 Å². The van der Waals surface area contributed by atoms with E-state index in [9.17, 15) is 23.1 Å². The van der Waals surface area contributed by atoms with Crippen molar-refractivity contribution in [2.45, 2.75) is 55.9 Å². The molecule has 26 heavy (non-hydrogen) atoms. The number of carboxylic acid groups (broad SMARTS) is 1. The van der Waals surface area contributed by atoms with Crippen LogP contribution in [0.2, 0.25) is 0 Å². The lowest BCUT2D eigenvalue weighted by molar-refractivity contribution is -0.160. The molecular formula is C18H26N2O5S. The van der Waals surface area contributed by atoms with Crippen molar-refractivity contribution in [1.29, 1.82) is 0 Å². The molecule has 2 N–H and O–H groups in total. The molecule has 1 aliphatic rings. The van der Waals surface area contributed by atoms with Crippen molar-refractivity contribution in [3.63, 3.8) is 0 Å². The molecule has 2 rings (SSSR count). The number of carboxylic acids is 1. The van der Waals surface area contributed by atoms with Crippen molar-refractivity contribution < 1.29 is 23.1 Å². The Morgan fingerprint density at radius 2 is 1.73 bits per heavy atom. The Balaban J connectivity index is 2.12. The van der Waals surface area contributed by atoms with Gasteiger partial charge in [0.2, 0.25) is 15.9 Å². The number of rotatable bonds is 7. The number of benzene rings is 1. The van der Waals surface area contributed by atoms with Gasteiger partial charge in [-0.2, -0.15) is 0 Å². The molecule has 1 aromatic rings. The van der Waals surface area contributed by atoms with E-state index in [-0.39, 0.29) is 17.2 Å². The summed E-state index contributed by atoms with van der Waals surface area (Å²) in [6.45, 7) is 1.99. The highest BCUT2D eigenvalue weighted by Crippen LogP contribution is 2.33. The highest BCUT2D eigenvalue weighted by Gasteiger charge is 2.45. The van der Waals surface area contributed by atoms with E-state index in [1.807, 2.05) is 0 Å². The number of hydrogen-bond acceptors (Lipinski definition) is 4. The van der Waals surface area contributed by atoms with Crippen LogP contribution in [0.3, 0.4) is 0 Å². The smallest absolute Gasteiger partial charge is 0.329 e. The number of carbonyl (C=O) groups excluding carboxylic acids is 1. The molecule has 0 spiro atoms. The minimum absolute atomic E-state index is 0.0348. The Labute approximate surface area is 154 Å². The van der Waals surface area contributed by atoms with Crippen molar-refractivity contribution in [1.82, 2.24) is 9.62 Å². The van der Waals surface area contributed by atoms with Crippen LogP contribution in [0.15, 0.2) is 29.2 Å². The van der Waals surface area contributed by atoms with E-state index in [1.165, 1.54) is 17.0 Å². The first kappa shape index (κ1) is 20.4. The van der Waals surface area contributed by atoms with Crippen LogP contribution in [0.4, 0.5) is 0 Å². The molecule has 0 saturated heterocycles. The second kappa shape index (κ2) is 8.18. The van der Waals surface area contributed by atoms with Gasteiger partial charge in [-0.25, -0.2) is 17.9 Å². The van der Waals surface area contributed by atoms with Gasteiger partial charge in [-0.1, -0.05) is 38.3 Å². The van der Waals surface area contributed by atoms with Crippen LogP contribution in [0, 0.1) is 0 Å². The quantitative estimate of drug-likeness (QED) is 0.748. The van der Waals surface area contributed by atoms with E-state index in [2.05, 4.69) is 4.72 Å². The van der Waals surface area contributed by atoms with Gasteiger partial charge in [0.05, 0.1) is 11.3 Å². The highest BCUT2D eigenvalue weighted by atomic mass is 32.2.